The molecule has 0 aromatic heterocycles. The van der Waals surface area contributed by atoms with Crippen LogP contribution in [0.4, 0.5) is 11.4 Å². The van der Waals surface area contributed by atoms with E-state index in [2.05, 4.69) is 33.6 Å². The molecule has 0 aliphatic heterocycles. The van der Waals surface area contributed by atoms with E-state index in [1.807, 2.05) is 74.5 Å². The minimum Gasteiger partial charge on any atom is -0.462 e. The molecule has 0 N–H and O–H groups in total. The van der Waals surface area contributed by atoms with E-state index in [-0.39, 0.29) is 40.8 Å². The second-order valence-electron chi connectivity index (χ2n) is 15.9. The van der Waals surface area contributed by atoms with Gasteiger partial charge in [0.15, 0.2) is 0 Å². The van der Waals surface area contributed by atoms with Crippen LogP contribution in [0, 0.1) is 0 Å². The summed E-state index contributed by atoms with van der Waals surface area (Å²) in [5.41, 5.74) is 3.94. The van der Waals surface area contributed by atoms with Gasteiger partial charge in [-0.1, -0.05) is 139 Å². The van der Waals surface area contributed by atoms with E-state index in [0.29, 0.717) is 85.4 Å². The van der Waals surface area contributed by atoms with E-state index in [1.165, 1.54) is 29.6 Å². The molecule has 0 aliphatic rings. The highest BCUT2D eigenvalue weighted by Gasteiger charge is 2.20. The highest BCUT2D eigenvalue weighted by Crippen LogP contribution is 2.24. The van der Waals surface area contributed by atoms with Crippen molar-refractivity contribution in [1.82, 2.24) is 0 Å². The first kappa shape index (κ1) is 57.9. The number of esters is 2. The Morgan fingerprint density at radius 1 is 0.567 bits per heavy atom. The topological polar surface area (TPSA) is 127 Å². The van der Waals surface area contributed by atoms with E-state index in [9.17, 15) is 28.8 Å². The maximum Gasteiger partial charge on any atom is 0.333 e. The van der Waals surface area contributed by atoms with Crippen LogP contribution in [0.5, 0.6) is 0 Å². The lowest BCUT2D eigenvalue weighted by Gasteiger charge is -2.24. The number of rotatable bonds is 34. The van der Waals surface area contributed by atoms with Crippen molar-refractivity contribution >= 4 is 68.9 Å². The number of hydrogen-bond donors (Lipinski definition) is 0. The van der Waals surface area contributed by atoms with Crippen molar-refractivity contribution < 1.29 is 38.2 Å². The summed E-state index contributed by atoms with van der Waals surface area (Å²) in [6.07, 6.45) is 17.1. The zero-order chi connectivity index (χ0) is 49.2. The van der Waals surface area contributed by atoms with Crippen LogP contribution < -0.4 is 9.80 Å². The van der Waals surface area contributed by atoms with Crippen LogP contribution in [0.2, 0.25) is 0 Å². The Labute approximate surface area is 409 Å². The zero-order valence-corrected chi connectivity index (χ0v) is 42.2. The number of carbonyl (C=O) groups excluding carboxylic acids is 6. The molecule has 0 atom stereocenters. The Kier molecular flexibility index (Phi) is 30.3. The van der Waals surface area contributed by atoms with Gasteiger partial charge in [-0.2, -0.15) is 0 Å². The first-order valence-electron chi connectivity index (χ1n) is 23.9. The molecule has 0 bridgehead atoms. The number of benzene rings is 2. The van der Waals surface area contributed by atoms with Crippen LogP contribution in [0.25, 0.3) is 0 Å². The van der Waals surface area contributed by atoms with Gasteiger partial charge in [0.25, 0.3) is 5.91 Å². The number of para-hydroxylation sites is 2. The monoisotopic (exact) mass is 954 g/mol. The van der Waals surface area contributed by atoms with Gasteiger partial charge in [0.05, 0.1) is 13.2 Å². The van der Waals surface area contributed by atoms with Crippen molar-refractivity contribution in [2.24, 2.45) is 0 Å². The number of allylic oxidation sites excluding steroid dienone is 2. The SMILES string of the molecule is C=CC(=O)N(CCCCCN(C(=O)C(=C)/C=C(/CCCC)C(=O)SCCCCCSC(=O)/C(=C/C=C(/CC)C(=O)OCCCOC(=O)C(=C)CC)CCCC)c1ccccc1)c1ccccc1. The standard InChI is InChI=1S/C55H74N2O8S2/c1-8-13-28-46(35-34-45(11-4)53(61)65-39-27-38-64-52(60)43(6)10-3)54(62)66-40-25-18-26-41-67-55(63)47(29-14-9-2)42-44(7)51(59)57(49-32-21-16-22-33-49)37-24-17-23-36-56(50(58)12-5)48-30-19-15-20-31-48/h12,15-16,19-22,30-35,42H,5-11,13-14,17-18,23-29,36-41H2,1-4H3/b45-34-,46-35+,47-42-. The van der Waals surface area contributed by atoms with Crippen LogP contribution in [0.1, 0.15) is 124 Å². The number of anilines is 2. The predicted octanol–water partition coefficient (Wildman–Crippen LogP) is 12.7. The molecule has 2 aromatic carbocycles. The summed E-state index contributed by atoms with van der Waals surface area (Å²) in [4.78, 5) is 81.3. The largest absolute Gasteiger partial charge is 0.462 e. The van der Waals surface area contributed by atoms with Gasteiger partial charge in [-0.25, -0.2) is 9.59 Å². The summed E-state index contributed by atoms with van der Waals surface area (Å²) in [5, 5.41) is -0.0594. The molecule has 67 heavy (non-hydrogen) atoms. The predicted molar refractivity (Wildman–Crippen MR) is 279 cm³/mol. The minimum absolute atomic E-state index is 0.00742. The third-order valence-electron chi connectivity index (χ3n) is 10.7. The first-order chi connectivity index (χ1) is 32.4. The molecule has 2 aromatic rings. The Hall–Kier alpha value is -5.20. The normalized spacial score (nSPS) is 11.7. The molecule has 2 rings (SSSR count). The molecule has 0 saturated carbocycles. The van der Waals surface area contributed by atoms with Gasteiger partial charge in [0, 0.05) is 70.3 Å². The maximum absolute atomic E-state index is 14.0. The van der Waals surface area contributed by atoms with E-state index < -0.39 is 11.9 Å². The fraction of sp³-hybridized carbons (Fsp3) is 0.455. The van der Waals surface area contributed by atoms with Crippen LogP contribution in [-0.4, -0.2) is 71.8 Å². The Balaban J connectivity index is 1.92. The van der Waals surface area contributed by atoms with E-state index in [1.54, 1.807) is 28.0 Å². The van der Waals surface area contributed by atoms with Crippen LogP contribution in [0.15, 0.2) is 133 Å². The molecular weight excluding hydrogens is 881 g/mol. The zero-order valence-electron chi connectivity index (χ0n) is 40.5. The average Bonchev–Trinajstić information content (AvgIpc) is 3.35. The molecule has 0 radical (unpaired) electrons. The molecule has 0 heterocycles. The molecule has 0 fully saturated rings. The molecule has 2 amide bonds. The summed E-state index contributed by atoms with van der Waals surface area (Å²) in [5.74, 6) is -0.0399. The van der Waals surface area contributed by atoms with Crippen molar-refractivity contribution in [2.75, 3.05) is 47.6 Å². The lowest BCUT2D eigenvalue weighted by molar-refractivity contribution is -0.141. The maximum atomic E-state index is 14.0. The number of hydrogen-bond acceptors (Lipinski definition) is 10. The van der Waals surface area contributed by atoms with Gasteiger partial charge in [0.1, 0.15) is 0 Å². The van der Waals surface area contributed by atoms with Gasteiger partial charge in [-0.3, -0.25) is 19.2 Å². The summed E-state index contributed by atoms with van der Waals surface area (Å²) in [6.45, 7) is 20.5. The van der Waals surface area contributed by atoms with E-state index >= 15 is 0 Å². The molecule has 12 heteroatoms. The molecule has 364 valence electrons. The third-order valence-corrected chi connectivity index (χ3v) is 12.7. The molecule has 0 spiro atoms. The number of carbonyl (C=O) groups is 6. The van der Waals surface area contributed by atoms with Crippen molar-refractivity contribution in [2.45, 2.75) is 124 Å². The molecule has 0 aliphatic carbocycles. The summed E-state index contributed by atoms with van der Waals surface area (Å²) in [6, 6.07) is 19.0. The summed E-state index contributed by atoms with van der Waals surface area (Å²) >= 11 is 2.54. The molecule has 0 unspecified atom stereocenters. The van der Waals surface area contributed by atoms with Gasteiger partial charge in [-0.05, 0) is 107 Å². The molecular formula is C55H74N2O8S2. The second-order valence-corrected chi connectivity index (χ2v) is 18.1. The Morgan fingerprint density at radius 2 is 1.06 bits per heavy atom. The van der Waals surface area contributed by atoms with Crippen LogP contribution >= 0.6 is 23.5 Å². The quantitative estimate of drug-likeness (QED) is 0.0289. The molecule has 10 nitrogen and oxygen atoms in total. The van der Waals surface area contributed by atoms with Gasteiger partial charge in [0.2, 0.25) is 16.1 Å². The van der Waals surface area contributed by atoms with Crippen LogP contribution in [0.3, 0.4) is 0 Å². The lowest BCUT2D eigenvalue weighted by atomic mass is 10.1. The van der Waals surface area contributed by atoms with Crippen molar-refractivity contribution in [1.29, 1.82) is 0 Å². The first-order valence-corrected chi connectivity index (χ1v) is 25.9. The minimum atomic E-state index is -0.457. The van der Waals surface area contributed by atoms with E-state index in [0.717, 1.165) is 69.2 Å². The van der Waals surface area contributed by atoms with Crippen molar-refractivity contribution in [3.05, 3.63) is 133 Å². The van der Waals surface area contributed by atoms with Crippen LogP contribution in [-0.2, 0) is 38.2 Å². The van der Waals surface area contributed by atoms with Gasteiger partial charge < -0.3 is 19.3 Å². The third kappa shape index (κ3) is 22.9. The number of amides is 2. The lowest BCUT2D eigenvalue weighted by Crippen LogP contribution is -2.33. The van der Waals surface area contributed by atoms with E-state index in [4.69, 9.17) is 9.47 Å². The number of unbranched alkanes of at least 4 members (excludes halogenated alkanes) is 6. The highest BCUT2D eigenvalue weighted by molar-refractivity contribution is 8.14. The second kappa shape index (κ2) is 35.0. The summed E-state index contributed by atoms with van der Waals surface area (Å²) < 4.78 is 10.5. The summed E-state index contributed by atoms with van der Waals surface area (Å²) in [7, 11) is 0. The fourth-order valence-electron chi connectivity index (χ4n) is 6.58. The fourth-order valence-corrected chi connectivity index (χ4v) is 8.35. The average molecular weight is 955 g/mol. The Morgan fingerprint density at radius 3 is 1.60 bits per heavy atom. The van der Waals surface area contributed by atoms with Crippen molar-refractivity contribution in [3.8, 4) is 0 Å². The van der Waals surface area contributed by atoms with Gasteiger partial charge in [-0.15, -0.1) is 0 Å². The van der Waals surface area contributed by atoms with Gasteiger partial charge >= 0.3 is 11.9 Å². The van der Waals surface area contributed by atoms with Crippen molar-refractivity contribution in [3.63, 3.8) is 0 Å². The number of nitrogens with zero attached hydrogens (tertiary/aromatic N) is 2. The smallest absolute Gasteiger partial charge is 0.333 e. The Bertz CT molecular complexity index is 2010. The number of thioether (sulfide) groups is 2. The number of ether oxygens (including phenoxy) is 2. The highest BCUT2D eigenvalue weighted by atomic mass is 32.2. The molecule has 0 saturated heterocycles.